The summed E-state index contributed by atoms with van der Waals surface area (Å²) in [5.41, 5.74) is 12.7. The van der Waals surface area contributed by atoms with Crippen LogP contribution in [0.1, 0.15) is 27.0 Å². The molecule has 1 nitrogen and oxygen atoms in total. The Morgan fingerprint density at radius 1 is 0.607 bits per heavy atom. The van der Waals surface area contributed by atoms with E-state index in [1.165, 1.54) is 0 Å². The summed E-state index contributed by atoms with van der Waals surface area (Å²) in [5, 5.41) is 0. The predicted octanol–water partition coefficient (Wildman–Crippen LogP) is 4.90. The molecule has 0 fully saturated rings. The standard InChI is InChI=1S/C27H12O/c28-27-25-17-21(11-9-19-5-1-2-6-19)13-15-23(25)24-16-14-22(18-26(24)27)12-10-20-7-3-4-8-20/h1-5,7,13-18H. The van der Waals surface area contributed by atoms with Gasteiger partial charge >= 0.3 is 0 Å². The number of hydrogen-bond donors (Lipinski definition) is 0. The largest absolute Gasteiger partial charge is 0.289 e. The van der Waals surface area contributed by atoms with Crippen LogP contribution in [0.4, 0.5) is 0 Å². The molecular formula is C27H12O. The summed E-state index contributed by atoms with van der Waals surface area (Å²) in [4.78, 5) is 12.9. The summed E-state index contributed by atoms with van der Waals surface area (Å²) in [5.74, 6) is 12.4. The molecule has 28 heavy (non-hydrogen) atoms. The van der Waals surface area contributed by atoms with Crippen LogP contribution in [0, 0.1) is 23.7 Å². The molecule has 0 heterocycles. The fraction of sp³-hybridized carbons (Fsp3) is 0. The minimum atomic E-state index is 0.0250. The highest BCUT2D eigenvalue weighted by molar-refractivity contribution is 6.22. The van der Waals surface area contributed by atoms with Crippen LogP contribution in [0.5, 0.6) is 0 Å². The number of fused-ring (bicyclic) bond motifs is 3. The minimum absolute atomic E-state index is 0.0250. The third-order valence-corrected chi connectivity index (χ3v) is 4.70. The molecule has 0 aliphatic heterocycles. The molecule has 0 amide bonds. The van der Waals surface area contributed by atoms with Crippen molar-refractivity contribution in [2.75, 3.05) is 0 Å². The van der Waals surface area contributed by atoms with Crippen LogP contribution in [0.3, 0.4) is 0 Å². The van der Waals surface area contributed by atoms with E-state index in [0.717, 1.165) is 33.4 Å². The molecule has 3 aliphatic rings. The molecule has 0 unspecified atom stereocenters. The summed E-state index contributed by atoms with van der Waals surface area (Å²) >= 11 is 0. The lowest BCUT2D eigenvalue weighted by atomic mass is 10.0. The number of benzene rings is 2. The average Bonchev–Trinajstić information content (AvgIpc) is 3.47. The van der Waals surface area contributed by atoms with Gasteiger partial charge in [0.05, 0.1) is 11.1 Å². The van der Waals surface area contributed by atoms with Gasteiger partial charge in [0.15, 0.2) is 5.78 Å². The van der Waals surface area contributed by atoms with E-state index < -0.39 is 0 Å². The zero-order valence-corrected chi connectivity index (χ0v) is 14.8. The molecule has 0 atom stereocenters. The Morgan fingerprint density at radius 2 is 1.11 bits per heavy atom. The Labute approximate surface area is 163 Å². The number of ketones is 1. The van der Waals surface area contributed by atoms with Gasteiger partial charge in [0.25, 0.3) is 0 Å². The lowest BCUT2D eigenvalue weighted by Gasteiger charge is -2.00. The van der Waals surface area contributed by atoms with Crippen molar-refractivity contribution in [2.24, 2.45) is 0 Å². The van der Waals surface area contributed by atoms with Gasteiger partial charge in [-0.1, -0.05) is 48.0 Å². The minimum Gasteiger partial charge on any atom is -0.289 e. The summed E-state index contributed by atoms with van der Waals surface area (Å²) in [7, 11) is 0. The second kappa shape index (κ2) is 6.48. The summed E-state index contributed by atoms with van der Waals surface area (Å²) in [6.45, 7) is 0. The first kappa shape index (κ1) is 16.0. The van der Waals surface area contributed by atoms with Gasteiger partial charge in [-0.2, -0.15) is 0 Å². The Morgan fingerprint density at radius 3 is 1.54 bits per heavy atom. The van der Waals surface area contributed by atoms with Gasteiger partial charge in [0.1, 0.15) is 0 Å². The molecule has 126 valence electrons. The monoisotopic (exact) mass is 352 g/mol. The zero-order chi connectivity index (χ0) is 18.9. The van der Waals surface area contributed by atoms with Crippen LogP contribution < -0.4 is 0 Å². The summed E-state index contributed by atoms with van der Waals surface area (Å²) in [6, 6.07) is 11.6. The molecule has 0 saturated carbocycles. The highest BCUT2D eigenvalue weighted by atomic mass is 16.1. The van der Waals surface area contributed by atoms with Gasteiger partial charge in [-0.25, -0.2) is 0 Å². The number of allylic oxidation sites excluding steroid dienone is 6. The maximum atomic E-state index is 12.9. The molecule has 2 aromatic carbocycles. The van der Waals surface area contributed by atoms with Crippen LogP contribution in [-0.4, -0.2) is 5.78 Å². The van der Waals surface area contributed by atoms with Crippen LogP contribution >= 0.6 is 0 Å². The molecular weight excluding hydrogens is 340 g/mol. The van der Waals surface area contributed by atoms with Crippen LogP contribution in [0.2, 0.25) is 0 Å². The Kier molecular flexibility index (Phi) is 3.69. The van der Waals surface area contributed by atoms with Crippen molar-refractivity contribution >= 4 is 5.78 Å². The van der Waals surface area contributed by atoms with E-state index in [-0.39, 0.29) is 5.78 Å². The van der Waals surface area contributed by atoms with E-state index in [9.17, 15) is 4.79 Å². The Balaban J connectivity index is 1.49. The van der Waals surface area contributed by atoms with E-state index in [2.05, 4.69) is 35.1 Å². The fourth-order valence-corrected chi connectivity index (χ4v) is 3.33. The summed E-state index contributed by atoms with van der Waals surface area (Å²) in [6.07, 6.45) is 11.3. The molecule has 1 heteroatoms. The van der Waals surface area contributed by atoms with Gasteiger partial charge in [-0.05, 0) is 59.7 Å². The van der Waals surface area contributed by atoms with Crippen molar-refractivity contribution in [2.45, 2.75) is 0 Å². The van der Waals surface area contributed by atoms with Gasteiger partial charge in [0, 0.05) is 22.3 Å². The maximum absolute atomic E-state index is 12.9. The first-order valence-electron chi connectivity index (χ1n) is 8.92. The number of hydrogen-bond acceptors (Lipinski definition) is 1. The molecule has 0 bridgehead atoms. The van der Waals surface area contributed by atoms with Crippen molar-refractivity contribution < 1.29 is 4.79 Å². The molecule has 2 aromatic rings. The van der Waals surface area contributed by atoms with Crippen molar-refractivity contribution in [1.29, 1.82) is 0 Å². The molecule has 0 N–H and O–H groups in total. The number of rotatable bonds is 0. The second-order valence-electron chi connectivity index (χ2n) is 6.52. The van der Waals surface area contributed by atoms with Gasteiger partial charge in [-0.15, -0.1) is 11.5 Å². The van der Waals surface area contributed by atoms with Crippen molar-refractivity contribution in [1.82, 2.24) is 0 Å². The number of carbonyl (C=O) groups is 1. The van der Waals surface area contributed by atoms with Crippen molar-refractivity contribution in [3.63, 3.8) is 0 Å². The van der Waals surface area contributed by atoms with E-state index in [0.29, 0.717) is 11.1 Å². The third kappa shape index (κ3) is 2.81. The zero-order valence-electron chi connectivity index (χ0n) is 14.8. The van der Waals surface area contributed by atoms with Gasteiger partial charge < -0.3 is 0 Å². The van der Waals surface area contributed by atoms with E-state index in [1.807, 2.05) is 72.9 Å². The molecule has 3 aliphatic carbocycles. The predicted molar refractivity (Wildman–Crippen MR) is 111 cm³/mol. The quantitative estimate of drug-likeness (QED) is 0.415. The lowest BCUT2D eigenvalue weighted by Crippen LogP contribution is -1.96. The van der Waals surface area contributed by atoms with E-state index in [4.69, 9.17) is 0 Å². The summed E-state index contributed by atoms with van der Waals surface area (Å²) < 4.78 is 0. The van der Waals surface area contributed by atoms with Crippen LogP contribution in [-0.2, 0) is 0 Å². The third-order valence-electron chi connectivity index (χ3n) is 4.70. The molecule has 0 saturated heterocycles. The van der Waals surface area contributed by atoms with E-state index >= 15 is 0 Å². The first-order chi connectivity index (χ1) is 13.8. The maximum Gasteiger partial charge on any atom is 0.194 e. The van der Waals surface area contributed by atoms with Crippen LogP contribution in [0.25, 0.3) is 11.1 Å². The van der Waals surface area contributed by atoms with Crippen molar-refractivity contribution in [3.8, 4) is 34.8 Å². The molecule has 0 spiro atoms. The topological polar surface area (TPSA) is 17.1 Å². The molecule has 0 radical (unpaired) electrons. The smallest absolute Gasteiger partial charge is 0.194 e. The molecule has 0 aromatic heterocycles. The molecule has 5 rings (SSSR count). The Hall–Kier alpha value is -4.25. The number of carbonyl (C=O) groups excluding carboxylic acids is 1. The second-order valence-corrected chi connectivity index (χ2v) is 6.52. The Bertz CT molecular complexity index is 1280. The van der Waals surface area contributed by atoms with Gasteiger partial charge in [-0.3, -0.25) is 4.79 Å². The van der Waals surface area contributed by atoms with Crippen molar-refractivity contribution in [3.05, 3.63) is 118 Å². The SMILES string of the molecule is O=C1c2cc(C#CC3=C=CC=C3)ccc2-c2ccc(C#CC3=C=CC=C3)cc21. The average molecular weight is 352 g/mol. The first-order valence-corrected chi connectivity index (χ1v) is 8.92. The highest BCUT2D eigenvalue weighted by Gasteiger charge is 2.26. The van der Waals surface area contributed by atoms with Crippen LogP contribution in [0.15, 0.2) is 95.5 Å². The fourth-order valence-electron chi connectivity index (χ4n) is 3.33. The van der Waals surface area contributed by atoms with Gasteiger partial charge in [0.2, 0.25) is 0 Å². The highest BCUT2D eigenvalue weighted by Crippen LogP contribution is 2.37. The normalized spacial score (nSPS) is 14.1. The lowest BCUT2D eigenvalue weighted by molar-refractivity contribution is 0.104. The van der Waals surface area contributed by atoms with E-state index in [1.54, 1.807) is 0 Å².